The Morgan fingerprint density at radius 3 is 1.64 bits per heavy atom. The third-order valence-corrected chi connectivity index (χ3v) is 8.34. The van der Waals surface area contributed by atoms with Crippen LogP contribution in [-0.2, 0) is 0 Å². The van der Waals surface area contributed by atoms with E-state index < -0.39 is 11.8 Å². The van der Waals surface area contributed by atoms with Crippen LogP contribution in [0.4, 0.5) is 20.0 Å². The molecular weight excluding hydrogens is 563 g/mol. The Balaban J connectivity index is 1.54. The van der Waals surface area contributed by atoms with Gasteiger partial charge in [0.2, 0.25) is 5.82 Å². The number of rotatable bonds is 8. The molecule has 0 fully saturated rings. The molecule has 0 unspecified atom stereocenters. The fraction of sp³-hybridized carbons (Fsp3) is 0.135. The van der Waals surface area contributed by atoms with Crippen molar-refractivity contribution in [2.24, 2.45) is 9.98 Å². The maximum atomic E-state index is 15.5. The van der Waals surface area contributed by atoms with Crippen LogP contribution in [0.1, 0.15) is 22.3 Å². The van der Waals surface area contributed by atoms with Crippen molar-refractivity contribution in [3.63, 3.8) is 0 Å². The van der Waals surface area contributed by atoms with Crippen molar-refractivity contribution in [3.05, 3.63) is 149 Å². The van der Waals surface area contributed by atoms with E-state index in [0.717, 1.165) is 39.3 Å². The Bertz CT molecular complexity index is 1860. The third-order valence-electron chi connectivity index (χ3n) is 8.34. The van der Waals surface area contributed by atoms with E-state index in [-0.39, 0.29) is 5.82 Å². The molecule has 45 heavy (non-hydrogen) atoms. The highest BCUT2D eigenvalue weighted by molar-refractivity contribution is 6.39. The van der Waals surface area contributed by atoms with Crippen molar-refractivity contribution in [2.75, 3.05) is 45.0 Å². The van der Waals surface area contributed by atoms with Crippen LogP contribution in [0.5, 0.6) is 0 Å². The molecule has 6 rings (SSSR count). The summed E-state index contributed by atoms with van der Waals surface area (Å²) in [6.07, 6.45) is 3.86. The highest BCUT2D eigenvalue weighted by atomic mass is 19.2. The van der Waals surface area contributed by atoms with Crippen LogP contribution in [0.25, 0.3) is 16.8 Å². The van der Waals surface area contributed by atoms with Gasteiger partial charge < -0.3 is 9.80 Å². The van der Waals surface area contributed by atoms with E-state index in [9.17, 15) is 0 Å². The number of anilines is 2. The van der Waals surface area contributed by atoms with Gasteiger partial charge in [-0.1, -0.05) is 72.8 Å². The van der Waals surface area contributed by atoms with Crippen molar-refractivity contribution in [3.8, 4) is 0 Å². The van der Waals surface area contributed by atoms with Crippen molar-refractivity contribution in [2.45, 2.75) is 0 Å². The predicted octanol–water partition coefficient (Wildman–Crippen LogP) is 7.90. The minimum Gasteiger partial charge on any atom is -0.378 e. The van der Waals surface area contributed by atoms with E-state index in [2.05, 4.69) is 0 Å². The number of allylic oxidation sites excluding steroid dienone is 3. The second-order valence-corrected chi connectivity index (χ2v) is 11.7. The van der Waals surface area contributed by atoms with Crippen molar-refractivity contribution in [1.29, 1.82) is 0 Å². The van der Waals surface area contributed by atoms with E-state index >= 15 is 8.63 Å². The van der Waals surface area contributed by atoms with Gasteiger partial charge in [0.05, 0.1) is 18.3 Å². The maximum absolute atomic E-state index is 15.5. The Hall–Kier alpha value is -5.08. The van der Waals surface area contributed by atoms with E-state index in [1.165, 1.54) is 7.05 Å². The highest BCUT2D eigenvalue weighted by Gasteiger charge is 2.55. The van der Waals surface area contributed by atoms with Crippen LogP contribution in [-0.4, -0.2) is 58.6 Å². The van der Waals surface area contributed by atoms with E-state index in [1.807, 2.05) is 159 Å². The summed E-state index contributed by atoms with van der Waals surface area (Å²) in [6.45, 7) is 0. The first kappa shape index (κ1) is 30.0. The number of nitrogens with zero attached hydrogens (tertiary/aromatic N) is 5. The van der Waals surface area contributed by atoms with Crippen LogP contribution in [0.15, 0.2) is 137 Å². The lowest BCUT2D eigenvalue weighted by Crippen LogP contribution is -2.47. The van der Waals surface area contributed by atoms with Gasteiger partial charge >= 0.3 is 7.40 Å². The topological polar surface area (TPSA) is 31.2 Å². The minimum absolute atomic E-state index is 0.243. The maximum Gasteiger partial charge on any atom is 0.855 e. The second-order valence-electron chi connectivity index (χ2n) is 11.7. The molecule has 224 valence electrons. The SMILES string of the molecule is CN(C)c1ccc(C2=CC(c3ccccc3)=C(/N=C3\N=C(c4ccc(N(C)C)cc4)C=C3c3ccccc3)[N@@+]2(C)B(F)F)cc1. The molecule has 2 aliphatic rings. The number of halogens is 2. The van der Waals surface area contributed by atoms with Gasteiger partial charge in [-0.2, -0.15) is 4.99 Å². The van der Waals surface area contributed by atoms with Gasteiger partial charge in [0.25, 0.3) is 0 Å². The van der Waals surface area contributed by atoms with Crippen LogP contribution in [0, 0.1) is 0 Å². The summed E-state index contributed by atoms with van der Waals surface area (Å²) in [4.78, 5) is 14.1. The number of hydrogen-bond acceptors (Lipinski definition) is 3. The fourth-order valence-electron chi connectivity index (χ4n) is 5.68. The molecule has 2 aliphatic heterocycles. The second kappa shape index (κ2) is 12.1. The van der Waals surface area contributed by atoms with Gasteiger partial charge in [-0.05, 0) is 53.6 Å². The Morgan fingerprint density at radius 1 is 0.622 bits per heavy atom. The Morgan fingerprint density at radius 2 is 1.13 bits per heavy atom. The summed E-state index contributed by atoms with van der Waals surface area (Å²) in [6, 6.07) is 35.3. The van der Waals surface area contributed by atoms with Gasteiger partial charge in [0.1, 0.15) is 5.70 Å². The zero-order chi connectivity index (χ0) is 31.7. The highest BCUT2D eigenvalue weighted by Crippen LogP contribution is 2.46. The molecule has 0 bridgehead atoms. The molecule has 2 heterocycles. The zero-order valence-electron chi connectivity index (χ0n) is 26.1. The normalized spacial score (nSPS) is 18.6. The molecule has 0 aliphatic carbocycles. The van der Waals surface area contributed by atoms with Crippen molar-refractivity contribution >= 4 is 47.2 Å². The standard InChI is InChI=1S/C37H35BF2N5/c1-43(2)30-20-16-28(17-21-30)34-24-32(26-12-8-6-9-13-26)36(41-34)42-37-33(27-14-10-7-11-15-27)25-35(45(37,5)38(39)40)29-18-22-31(23-19-29)44(3)4/h6-25H,1-5H3/q+1/b42-36-/t45-/m0/s1. The first-order chi connectivity index (χ1) is 21.7. The monoisotopic (exact) mass is 598 g/mol. The van der Waals surface area contributed by atoms with Crippen molar-refractivity contribution in [1.82, 2.24) is 0 Å². The summed E-state index contributed by atoms with van der Waals surface area (Å²) in [5.74, 6) is 0.645. The summed E-state index contributed by atoms with van der Waals surface area (Å²) < 4.78 is 30.2. The average molecular weight is 599 g/mol. The fourth-order valence-corrected chi connectivity index (χ4v) is 5.68. The number of hydrogen-bond donors (Lipinski definition) is 0. The molecule has 8 heteroatoms. The largest absolute Gasteiger partial charge is 0.855 e. The molecule has 4 aromatic carbocycles. The smallest absolute Gasteiger partial charge is 0.378 e. The van der Waals surface area contributed by atoms with E-state index in [4.69, 9.17) is 9.98 Å². The number of aliphatic imine (C=N–C) groups is 2. The number of quaternary nitrogens is 1. The lowest BCUT2D eigenvalue weighted by atomic mass is 10.0. The molecule has 0 radical (unpaired) electrons. The molecule has 0 spiro atoms. The summed E-state index contributed by atoms with van der Waals surface area (Å²) in [7, 11) is 6.66. The first-order valence-corrected chi connectivity index (χ1v) is 14.8. The summed E-state index contributed by atoms with van der Waals surface area (Å²) in [5.41, 5.74) is 8.06. The molecule has 0 saturated carbocycles. The Labute approximate surface area is 264 Å². The molecule has 5 nitrogen and oxygen atoms in total. The van der Waals surface area contributed by atoms with Gasteiger partial charge in [-0.15, -0.1) is 0 Å². The predicted molar refractivity (Wildman–Crippen MR) is 185 cm³/mol. The van der Waals surface area contributed by atoms with Gasteiger partial charge in [-0.3, -0.25) is 0 Å². The molecule has 0 N–H and O–H groups in total. The molecule has 4 aromatic rings. The van der Waals surface area contributed by atoms with Crippen molar-refractivity contribution < 1.29 is 13.0 Å². The third kappa shape index (κ3) is 5.65. The van der Waals surface area contributed by atoms with E-state index in [0.29, 0.717) is 22.7 Å². The van der Waals surface area contributed by atoms with Gasteiger partial charge in [-0.25, -0.2) is 18.0 Å². The Kier molecular flexibility index (Phi) is 8.08. The number of benzene rings is 4. The molecule has 0 amide bonds. The van der Waals surface area contributed by atoms with Gasteiger partial charge in [0, 0.05) is 62.3 Å². The molecule has 0 aromatic heterocycles. The lowest BCUT2D eigenvalue weighted by Gasteiger charge is -2.30. The van der Waals surface area contributed by atoms with Crippen LogP contribution < -0.4 is 9.80 Å². The van der Waals surface area contributed by atoms with E-state index in [1.54, 1.807) is 0 Å². The van der Waals surface area contributed by atoms with Crippen LogP contribution in [0.3, 0.4) is 0 Å². The minimum atomic E-state index is -2.78. The quantitative estimate of drug-likeness (QED) is 0.193. The molecular formula is C37H35BF2N5+. The summed E-state index contributed by atoms with van der Waals surface area (Å²) in [5, 5.41) is 0. The number of amidine groups is 1. The van der Waals surface area contributed by atoms with Gasteiger partial charge in [0.15, 0.2) is 5.84 Å². The average Bonchev–Trinajstić information content (AvgIpc) is 3.62. The first-order valence-electron chi connectivity index (χ1n) is 14.8. The molecule has 0 saturated heterocycles. The summed E-state index contributed by atoms with van der Waals surface area (Å²) >= 11 is 0. The van der Waals surface area contributed by atoms with Crippen LogP contribution in [0.2, 0.25) is 0 Å². The lowest BCUT2D eigenvalue weighted by molar-refractivity contribution is -0.695. The molecule has 1 atom stereocenters. The zero-order valence-corrected chi connectivity index (χ0v) is 26.1. The van der Waals surface area contributed by atoms with Crippen LogP contribution >= 0.6 is 0 Å².